The van der Waals surface area contributed by atoms with Crippen molar-refractivity contribution >= 4 is 66.0 Å². The van der Waals surface area contributed by atoms with E-state index in [1.54, 1.807) is 24.3 Å². The molecule has 10 aromatic rings. The first-order valence-corrected chi connectivity index (χ1v) is 22.2. The highest BCUT2D eigenvalue weighted by Crippen LogP contribution is 2.38. The summed E-state index contributed by atoms with van der Waals surface area (Å²) in [7, 11) is 0. The summed E-state index contributed by atoms with van der Waals surface area (Å²) in [5.41, 5.74) is 9.64. The molecule has 4 heteroatoms. The summed E-state index contributed by atoms with van der Waals surface area (Å²) in [5, 5.41) is 0. The van der Waals surface area contributed by atoms with E-state index in [0.29, 0.717) is 33.4 Å². The topological polar surface area (TPSA) is 6.48 Å². The van der Waals surface area contributed by atoms with E-state index in [-0.39, 0.29) is 59.5 Å². The predicted octanol–water partition coefficient (Wildman–Crippen LogP) is 18.5. The Morgan fingerprint density at radius 3 is 0.625 bits per heavy atom. The molecule has 0 heterocycles. The molecule has 0 fully saturated rings. The lowest BCUT2D eigenvalue weighted by molar-refractivity contribution is 1.28. The van der Waals surface area contributed by atoms with E-state index in [1.165, 1.54) is 0 Å². The molecule has 0 unspecified atom stereocenters. The number of nitrogens with zero attached hydrogens (tertiary/aromatic N) is 2. The van der Waals surface area contributed by atoms with Crippen LogP contribution in [0.5, 0.6) is 0 Å². The van der Waals surface area contributed by atoms with Crippen LogP contribution in [0.15, 0.2) is 276 Å². The summed E-state index contributed by atoms with van der Waals surface area (Å²) < 4.78 is 71.1. The largest absolute Gasteiger partial charge is 0.311 e. The van der Waals surface area contributed by atoms with Crippen LogP contribution < -0.4 is 9.80 Å². The molecule has 0 saturated carbocycles. The van der Waals surface area contributed by atoms with Crippen molar-refractivity contribution in [1.82, 2.24) is 0 Å². The normalized spacial score (nSPS) is 12.4. The molecule has 0 aliphatic rings. The second-order valence-corrected chi connectivity index (χ2v) is 16.5. The minimum Gasteiger partial charge on any atom is -0.311 e. The van der Waals surface area contributed by atoms with Gasteiger partial charge in [-0.3, -0.25) is 0 Å². The molecule has 0 aliphatic heterocycles. The van der Waals surface area contributed by atoms with Gasteiger partial charge in [0.05, 0.1) is 11.0 Å². The molecule has 0 radical (unpaired) electrons. The van der Waals surface area contributed by atoms with E-state index in [9.17, 15) is 0 Å². The summed E-state index contributed by atoms with van der Waals surface area (Å²) >= 11 is 6.72. The second-order valence-electron chi connectivity index (χ2n) is 14.6. The number of halogens is 2. The number of anilines is 6. The monoisotopic (exact) mass is 958 g/mol. The first-order valence-electron chi connectivity index (χ1n) is 24.6. The van der Waals surface area contributed by atoms with Crippen molar-refractivity contribution in [3.05, 3.63) is 276 Å². The molecular weight excluding hydrogens is 908 g/mol. The van der Waals surface area contributed by atoms with Crippen molar-refractivity contribution in [1.29, 1.82) is 0 Å². The van der Waals surface area contributed by atoms with Gasteiger partial charge in [-0.2, -0.15) is 0 Å². The highest BCUT2D eigenvalue weighted by Gasteiger charge is 2.14. The molecular formula is C60H44Br2N2. The highest BCUT2D eigenvalue weighted by molar-refractivity contribution is 9.10. The number of benzene rings is 10. The van der Waals surface area contributed by atoms with Gasteiger partial charge in [-0.05, 0) is 142 Å². The van der Waals surface area contributed by atoms with Gasteiger partial charge < -0.3 is 9.80 Å². The van der Waals surface area contributed by atoms with Crippen molar-refractivity contribution in [3.8, 4) is 44.5 Å². The average molecular weight is 961 g/mol. The summed E-state index contributed by atoms with van der Waals surface area (Å²) in [5.74, 6) is 0. The third-order valence-corrected chi connectivity index (χ3v) is 11.5. The minimum atomic E-state index is -0.0685. The van der Waals surface area contributed by atoms with Gasteiger partial charge in [-0.1, -0.05) is 202 Å². The van der Waals surface area contributed by atoms with Crippen LogP contribution in [0, 0.1) is 0 Å². The molecule has 308 valence electrons. The van der Waals surface area contributed by atoms with E-state index >= 15 is 0 Å². The maximum atomic E-state index is 8.99. The van der Waals surface area contributed by atoms with Gasteiger partial charge in [0.15, 0.2) is 0 Å². The molecule has 2 nitrogen and oxygen atoms in total. The molecule has 0 atom stereocenters. The smallest absolute Gasteiger partial charge is 0.0629 e. The molecule has 10 aromatic carbocycles. The Bertz CT molecular complexity index is 3110. The predicted molar refractivity (Wildman–Crippen MR) is 279 cm³/mol. The van der Waals surface area contributed by atoms with Crippen LogP contribution in [0.3, 0.4) is 0 Å². The Kier molecular flexibility index (Phi) is 10.6. The van der Waals surface area contributed by atoms with Crippen LogP contribution in [0.4, 0.5) is 34.1 Å². The van der Waals surface area contributed by atoms with Crippen molar-refractivity contribution in [2.45, 2.75) is 0 Å². The molecule has 0 aromatic heterocycles. The number of para-hydroxylation sites is 4. The molecule has 0 spiro atoms. The first kappa shape index (κ1) is 33.3. The Morgan fingerprint density at radius 2 is 0.406 bits per heavy atom. The SMILES string of the molecule is [2H]c1c([2H])c(-c2ccc(Br)cc2)c([2H])c([2H])c1-c1ccc(Br)cc1.[2H]c1c([2H])c(-c2ccc(N(c3ccccc3)c3ccccc3)cc2)c([2H])c([2H])c1-c1ccc(N(c2ccccc2)c2ccccc2)cc1. The number of hydrogen-bond donors (Lipinski definition) is 0. The molecule has 0 saturated heterocycles. The average Bonchev–Trinajstić information content (AvgIpc) is 3.41. The summed E-state index contributed by atoms with van der Waals surface area (Å²) in [6, 6.07) is 69.7. The van der Waals surface area contributed by atoms with Gasteiger partial charge in [-0.25, -0.2) is 0 Å². The fraction of sp³-hybridized carbons (Fsp3) is 0. The maximum absolute atomic E-state index is 8.99. The number of hydrogen-bond acceptors (Lipinski definition) is 2. The number of rotatable bonds is 10. The molecule has 0 bridgehead atoms. The Balaban J connectivity index is 0.000000223. The molecule has 0 N–H and O–H groups in total. The van der Waals surface area contributed by atoms with E-state index in [1.807, 2.05) is 146 Å². The molecule has 10 rings (SSSR count). The zero-order valence-electron chi connectivity index (χ0n) is 42.4. The van der Waals surface area contributed by atoms with Crippen molar-refractivity contribution in [2.75, 3.05) is 9.80 Å². The van der Waals surface area contributed by atoms with Crippen molar-refractivity contribution < 1.29 is 11.0 Å². The van der Waals surface area contributed by atoms with Gasteiger partial charge >= 0.3 is 0 Å². The summed E-state index contributed by atoms with van der Waals surface area (Å²) in [6.45, 7) is 0. The van der Waals surface area contributed by atoms with Crippen LogP contribution >= 0.6 is 31.9 Å². The Labute approximate surface area is 404 Å². The maximum Gasteiger partial charge on any atom is 0.0629 e. The van der Waals surface area contributed by atoms with Gasteiger partial charge in [0.25, 0.3) is 0 Å². The van der Waals surface area contributed by atoms with Gasteiger partial charge in [0.2, 0.25) is 0 Å². The van der Waals surface area contributed by atoms with Crippen molar-refractivity contribution in [3.63, 3.8) is 0 Å². The van der Waals surface area contributed by atoms with Crippen LogP contribution in [0.1, 0.15) is 11.0 Å². The van der Waals surface area contributed by atoms with E-state index < -0.39 is 0 Å². The quantitative estimate of drug-likeness (QED) is 0.135. The van der Waals surface area contributed by atoms with Crippen LogP contribution in [-0.4, -0.2) is 0 Å². The fourth-order valence-electron chi connectivity index (χ4n) is 7.19. The van der Waals surface area contributed by atoms with E-state index in [2.05, 4.69) is 90.2 Å². The molecule has 64 heavy (non-hydrogen) atoms. The zero-order valence-corrected chi connectivity index (χ0v) is 37.6. The lowest BCUT2D eigenvalue weighted by Gasteiger charge is -2.25. The van der Waals surface area contributed by atoms with Crippen LogP contribution in [0.25, 0.3) is 44.5 Å². The highest BCUT2D eigenvalue weighted by atomic mass is 79.9. The third kappa shape index (κ3) is 10.2. The molecule has 0 aliphatic carbocycles. The zero-order chi connectivity index (χ0) is 50.5. The van der Waals surface area contributed by atoms with Gasteiger partial charge in [-0.15, -0.1) is 0 Å². The summed E-state index contributed by atoms with van der Waals surface area (Å²) in [4.78, 5) is 4.28. The third-order valence-electron chi connectivity index (χ3n) is 10.4. The summed E-state index contributed by atoms with van der Waals surface area (Å²) in [6.07, 6.45) is 0. The lowest BCUT2D eigenvalue weighted by Crippen LogP contribution is -2.09. The Hall–Kier alpha value is -7.24. The Morgan fingerprint density at radius 1 is 0.219 bits per heavy atom. The first-order chi connectivity index (χ1) is 34.9. The van der Waals surface area contributed by atoms with Crippen LogP contribution in [-0.2, 0) is 0 Å². The van der Waals surface area contributed by atoms with Crippen molar-refractivity contribution in [2.24, 2.45) is 0 Å². The van der Waals surface area contributed by atoms with E-state index in [0.717, 1.165) is 43.1 Å². The minimum absolute atomic E-state index is 0.0313. The second kappa shape index (κ2) is 20.3. The van der Waals surface area contributed by atoms with Gasteiger partial charge in [0.1, 0.15) is 0 Å². The van der Waals surface area contributed by atoms with Crippen LogP contribution in [0.2, 0.25) is 0 Å². The molecule has 0 amide bonds. The van der Waals surface area contributed by atoms with Gasteiger partial charge in [0, 0.05) is 43.1 Å². The standard InChI is InChI=1S/C42H32N2.C18H12Br2/c1-5-13-37(14-6-1)43(38-15-7-2-8-16-38)41-29-25-35(26-30-41)33-21-23-34(24-22-33)36-27-31-42(32-28-36)44(39-17-9-3-10-18-39)40-19-11-4-12-20-40;19-17-9-5-15(6-10-17)13-1-2-14(4-3-13)16-7-11-18(20)12-8-16/h1-32H;1-12H/i21D,22D,23D,24D;1D,2D,3D,4D. The van der Waals surface area contributed by atoms with E-state index in [4.69, 9.17) is 11.0 Å². The lowest BCUT2D eigenvalue weighted by atomic mass is 9.99. The fourth-order valence-corrected chi connectivity index (χ4v) is 7.72.